The van der Waals surface area contributed by atoms with Crippen molar-refractivity contribution in [2.75, 3.05) is 19.6 Å². The molecule has 2 aromatic rings. The van der Waals surface area contributed by atoms with Crippen molar-refractivity contribution >= 4 is 11.8 Å². The first kappa shape index (κ1) is 16.9. The van der Waals surface area contributed by atoms with Crippen molar-refractivity contribution in [1.29, 1.82) is 0 Å². The number of likely N-dealkylation sites (tertiary alicyclic amines) is 2. The van der Waals surface area contributed by atoms with Crippen molar-refractivity contribution in [3.63, 3.8) is 0 Å². The molecule has 26 heavy (non-hydrogen) atoms. The maximum atomic E-state index is 12.6. The van der Waals surface area contributed by atoms with Crippen LogP contribution in [0.2, 0.25) is 0 Å². The Bertz CT molecular complexity index is 796. The van der Waals surface area contributed by atoms with E-state index in [4.69, 9.17) is 4.52 Å². The zero-order valence-corrected chi connectivity index (χ0v) is 15.2. The summed E-state index contributed by atoms with van der Waals surface area (Å²) >= 11 is 0. The fourth-order valence-corrected chi connectivity index (χ4v) is 4.20. The Balaban J connectivity index is 1.40. The number of carbonyl (C=O) groups is 2. The van der Waals surface area contributed by atoms with Gasteiger partial charge >= 0.3 is 0 Å². The monoisotopic (exact) mass is 356 g/mol. The molecule has 4 rings (SSSR count). The van der Waals surface area contributed by atoms with E-state index in [0.29, 0.717) is 31.7 Å². The summed E-state index contributed by atoms with van der Waals surface area (Å²) in [5.41, 5.74) is 2.48. The lowest BCUT2D eigenvalue weighted by Crippen LogP contribution is -2.44. The molecular formula is C19H24N4O3. The molecule has 0 radical (unpaired) electrons. The lowest BCUT2D eigenvalue weighted by atomic mass is 9.77. The van der Waals surface area contributed by atoms with E-state index in [0.717, 1.165) is 36.4 Å². The van der Waals surface area contributed by atoms with E-state index < -0.39 is 0 Å². The molecule has 0 bridgehead atoms. The summed E-state index contributed by atoms with van der Waals surface area (Å²) in [4.78, 5) is 31.9. The van der Waals surface area contributed by atoms with Crippen LogP contribution >= 0.6 is 0 Å². The number of amides is 2. The van der Waals surface area contributed by atoms with E-state index in [9.17, 15) is 9.59 Å². The number of aromatic nitrogens is 2. The summed E-state index contributed by atoms with van der Waals surface area (Å²) in [5, 5.41) is 3.98. The van der Waals surface area contributed by atoms with E-state index in [1.807, 2.05) is 29.7 Å². The SMILES string of the molecule is Cc1noc(C)c1CN1CC2(CCN(C(=O)c3ccc[nH]3)CC2)CC1=O. The topological polar surface area (TPSA) is 82.4 Å². The molecule has 2 amide bonds. The van der Waals surface area contributed by atoms with Crippen molar-refractivity contribution in [1.82, 2.24) is 19.9 Å². The third kappa shape index (κ3) is 2.91. The molecule has 2 aliphatic heterocycles. The van der Waals surface area contributed by atoms with Gasteiger partial charge in [0.25, 0.3) is 5.91 Å². The Hall–Kier alpha value is -2.57. The highest BCUT2D eigenvalue weighted by atomic mass is 16.5. The van der Waals surface area contributed by atoms with Crippen LogP contribution in [-0.4, -0.2) is 51.4 Å². The average Bonchev–Trinajstić information content (AvgIpc) is 3.33. The molecular weight excluding hydrogens is 332 g/mol. The number of nitrogens with one attached hydrogen (secondary N) is 1. The molecule has 0 aromatic carbocycles. The third-order valence-corrected chi connectivity index (χ3v) is 5.88. The van der Waals surface area contributed by atoms with Crippen LogP contribution in [0.5, 0.6) is 0 Å². The normalized spacial score (nSPS) is 19.5. The van der Waals surface area contributed by atoms with E-state index in [1.54, 1.807) is 12.3 Å². The summed E-state index contributed by atoms with van der Waals surface area (Å²) < 4.78 is 5.22. The molecule has 7 heteroatoms. The van der Waals surface area contributed by atoms with Crippen LogP contribution in [0.25, 0.3) is 0 Å². The van der Waals surface area contributed by atoms with Crippen molar-refractivity contribution < 1.29 is 14.1 Å². The summed E-state index contributed by atoms with van der Waals surface area (Å²) in [7, 11) is 0. The Kier molecular flexibility index (Phi) is 4.09. The van der Waals surface area contributed by atoms with Crippen molar-refractivity contribution in [2.24, 2.45) is 5.41 Å². The highest BCUT2D eigenvalue weighted by molar-refractivity contribution is 5.92. The van der Waals surface area contributed by atoms with Crippen LogP contribution in [0.1, 0.15) is 46.8 Å². The van der Waals surface area contributed by atoms with Gasteiger partial charge in [-0.1, -0.05) is 5.16 Å². The van der Waals surface area contributed by atoms with Gasteiger partial charge in [-0.2, -0.15) is 0 Å². The molecule has 0 unspecified atom stereocenters. The van der Waals surface area contributed by atoms with Gasteiger partial charge in [0.05, 0.1) is 12.2 Å². The zero-order valence-electron chi connectivity index (χ0n) is 15.2. The summed E-state index contributed by atoms with van der Waals surface area (Å²) in [5.74, 6) is 1.01. The van der Waals surface area contributed by atoms with E-state index in [2.05, 4.69) is 10.1 Å². The Labute approximate surface area is 152 Å². The molecule has 7 nitrogen and oxygen atoms in total. The first-order chi connectivity index (χ1) is 12.5. The molecule has 2 fully saturated rings. The molecule has 1 spiro atoms. The minimum absolute atomic E-state index is 0.0113. The summed E-state index contributed by atoms with van der Waals surface area (Å²) in [6.07, 6.45) is 4.06. The fraction of sp³-hybridized carbons (Fsp3) is 0.526. The fourth-order valence-electron chi connectivity index (χ4n) is 4.20. The second kappa shape index (κ2) is 6.30. The number of piperidine rings is 1. The molecule has 0 saturated carbocycles. The maximum absolute atomic E-state index is 12.6. The lowest BCUT2D eigenvalue weighted by molar-refractivity contribution is -0.128. The van der Waals surface area contributed by atoms with Crippen molar-refractivity contribution in [3.05, 3.63) is 41.0 Å². The predicted octanol–water partition coefficient (Wildman–Crippen LogP) is 2.27. The van der Waals surface area contributed by atoms with Crippen LogP contribution in [0.4, 0.5) is 0 Å². The van der Waals surface area contributed by atoms with E-state index in [1.165, 1.54) is 0 Å². The van der Waals surface area contributed by atoms with E-state index in [-0.39, 0.29) is 17.2 Å². The van der Waals surface area contributed by atoms with Crippen LogP contribution in [-0.2, 0) is 11.3 Å². The predicted molar refractivity (Wildman–Crippen MR) is 94.4 cm³/mol. The second-order valence-corrected chi connectivity index (χ2v) is 7.61. The molecule has 1 N–H and O–H groups in total. The number of aryl methyl sites for hydroxylation is 2. The lowest BCUT2D eigenvalue weighted by Gasteiger charge is -2.38. The Morgan fingerprint density at radius 2 is 2.12 bits per heavy atom. The first-order valence-electron chi connectivity index (χ1n) is 9.10. The highest BCUT2D eigenvalue weighted by Gasteiger charge is 2.45. The van der Waals surface area contributed by atoms with Gasteiger partial charge in [0, 0.05) is 43.2 Å². The van der Waals surface area contributed by atoms with Gasteiger partial charge in [-0.15, -0.1) is 0 Å². The highest BCUT2D eigenvalue weighted by Crippen LogP contribution is 2.42. The second-order valence-electron chi connectivity index (χ2n) is 7.61. The van der Waals surface area contributed by atoms with Gasteiger partial charge in [0.1, 0.15) is 11.5 Å². The molecule has 2 aromatic heterocycles. The molecule has 2 aliphatic rings. The molecule has 0 aliphatic carbocycles. The summed E-state index contributed by atoms with van der Waals surface area (Å²) in [6.45, 7) is 6.51. The Morgan fingerprint density at radius 1 is 1.35 bits per heavy atom. The summed E-state index contributed by atoms with van der Waals surface area (Å²) in [6, 6.07) is 3.64. The molecule has 0 atom stereocenters. The van der Waals surface area contributed by atoms with Crippen LogP contribution in [0, 0.1) is 19.3 Å². The Morgan fingerprint density at radius 3 is 2.73 bits per heavy atom. The zero-order chi connectivity index (χ0) is 18.3. The van der Waals surface area contributed by atoms with Crippen molar-refractivity contribution in [3.8, 4) is 0 Å². The van der Waals surface area contributed by atoms with E-state index >= 15 is 0 Å². The number of rotatable bonds is 3. The van der Waals surface area contributed by atoms with Gasteiger partial charge in [-0.3, -0.25) is 9.59 Å². The standard InChI is InChI=1S/C19H24N4O3/c1-13-15(14(2)26-21-13)11-23-12-19(10-17(23)24)5-8-22(9-6-19)18(25)16-4-3-7-20-16/h3-4,7,20H,5-6,8-12H2,1-2H3. The first-order valence-corrected chi connectivity index (χ1v) is 9.10. The molecule has 2 saturated heterocycles. The van der Waals surface area contributed by atoms with Crippen LogP contribution in [0.15, 0.2) is 22.9 Å². The van der Waals surface area contributed by atoms with Crippen LogP contribution in [0.3, 0.4) is 0 Å². The quantitative estimate of drug-likeness (QED) is 0.915. The number of aromatic amines is 1. The maximum Gasteiger partial charge on any atom is 0.270 e. The number of carbonyl (C=O) groups excluding carboxylic acids is 2. The molecule has 4 heterocycles. The number of hydrogen-bond acceptors (Lipinski definition) is 4. The third-order valence-electron chi connectivity index (χ3n) is 5.88. The largest absolute Gasteiger partial charge is 0.361 e. The number of hydrogen-bond donors (Lipinski definition) is 1. The van der Waals surface area contributed by atoms with Gasteiger partial charge < -0.3 is 19.3 Å². The van der Waals surface area contributed by atoms with Gasteiger partial charge in [0.15, 0.2) is 0 Å². The minimum Gasteiger partial charge on any atom is -0.361 e. The number of nitrogens with zero attached hydrogens (tertiary/aromatic N) is 3. The van der Waals surface area contributed by atoms with Gasteiger partial charge in [-0.25, -0.2) is 0 Å². The smallest absolute Gasteiger partial charge is 0.270 e. The van der Waals surface area contributed by atoms with Gasteiger partial charge in [-0.05, 0) is 38.8 Å². The number of H-pyrrole nitrogens is 1. The van der Waals surface area contributed by atoms with Gasteiger partial charge in [0.2, 0.25) is 5.91 Å². The average molecular weight is 356 g/mol. The minimum atomic E-state index is -0.0113. The van der Waals surface area contributed by atoms with Crippen LogP contribution < -0.4 is 0 Å². The van der Waals surface area contributed by atoms with Crippen molar-refractivity contribution in [2.45, 2.75) is 39.7 Å². The molecule has 138 valence electrons.